The van der Waals surface area contributed by atoms with Crippen LogP contribution in [0, 0.1) is 0 Å². The fourth-order valence-corrected chi connectivity index (χ4v) is 4.00. The fraction of sp³-hybridized carbons (Fsp3) is 0.350. The Morgan fingerprint density at radius 3 is 2.85 bits per heavy atom. The van der Waals surface area contributed by atoms with Crippen LogP contribution >= 0.6 is 0 Å². The Labute approximate surface area is 156 Å². The summed E-state index contributed by atoms with van der Waals surface area (Å²) in [6.45, 7) is 3.81. The smallest absolute Gasteiger partial charge is 0.336 e. The van der Waals surface area contributed by atoms with Crippen molar-refractivity contribution in [1.29, 1.82) is 0 Å². The number of nitrogens with one attached hydrogen (secondary N) is 2. The van der Waals surface area contributed by atoms with Gasteiger partial charge in [-0.2, -0.15) is 0 Å². The highest BCUT2D eigenvalue weighted by atomic mass is 16.5. The molecule has 0 spiro atoms. The van der Waals surface area contributed by atoms with E-state index in [1.165, 1.54) is 6.92 Å². The molecular formula is C20H21N3O4. The highest BCUT2D eigenvalue weighted by Gasteiger charge is 2.41. The van der Waals surface area contributed by atoms with Gasteiger partial charge < -0.3 is 19.9 Å². The number of benzene rings is 1. The maximum atomic E-state index is 13.0. The molecule has 4 rings (SSSR count). The summed E-state index contributed by atoms with van der Waals surface area (Å²) in [7, 11) is 0. The quantitative estimate of drug-likeness (QED) is 0.809. The monoisotopic (exact) mass is 367 g/mol. The maximum absolute atomic E-state index is 13.0. The number of para-hydroxylation sites is 1. The Bertz CT molecular complexity index is 988. The first-order valence-corrected chi connectivity index (χ1v) is 9.10. The largest absolute Gasteiger partial charge is 0.463 e. The lowest BCUT2D eigenvalue weighted by Crippen LogP contribution is -2.52. The Morgan fingerprint density at radius 1 is 1.33 bits per heavy atom. The molecule has 3 heterocycles. The summed E-state index contributed by atoms with van der Waals surface area (Å²) in [6, 6.07) is 7.18. The Morgan fingerprint density at radius 2 is 2.11 bits per heavy atom. The van der Waals surface area contributed by atoms with Crippen molar-refractivity contribution >= 4 is 34.4 Å². The van der Waals surface area contributed by atoms with Crippen LogP contribution in [-0.4, -0.2) is 46.9 Å². The zero-order chi connectivity index (χ0) is 19.1. The molecule has 27 heavy (non-hydrogen) atoms. The molecule has 7 heteroatoms. The number of hydrogen-bond acceptors (Lipinski definition) is 4. The van der Waals surface area contributed by atoms with E-state index < -0.39 is 12.0 Å². The second-order valence-electron chi connectivity index (χ2n) is 6.77. The molecule has 0 fully saturated rings. The number of hydrogen-bond donors (Lipinski definition) is 2. The number of esters is 1. The lowest BCUT2D eigenvalue weighted by molar-refractivity contribution is -0.140. The van der Waals surface area contributed by atoms with E-state index in [4.69, 9.17) is 4.74 Å². The van der Waals surface area contributed by atoms with Crippen molar-refractivity contribution < 1.29 is 19.1 Å². The van der Waals surface area contributed by atoms with Crippen molar-refractivity contribution in [2.75, 3.05) is 13.2 Å². The molecule has 1 atom stereocenters. The molecule has 1 aromatic carbocycles. The summed E-state index contributed by atoms with van der Waals surface area (Å²) in [5.74, 6) is -0.951. The van der Waals surface area contributed by atoms with Gasteiger partial charge in [-0.15, -0.1) is 0 Å². The van der Waals surface area contributed by atoms with Crippen molar-refractivity contribution in [2.45, 2.75) is 32.7 Å². The van der Waals surface area contributed by atoms with Gasteiger partial charge in [-0.05, 0) is 25.0 Å². The topological polar surface area (TPSA) is 91.5 Å². The summed E-state index contributed by atoms with van der Waals surface area (Å²) in [4.78, 5) is 42.1. The second kappa shape index (κ2) is 6.57. The number of ether oxygens (including phenoxy) is 1. The molecule has 1 aromatic heterocycles. The van der Waals surface area contributed by atoms with Crippen molar-refractivity contribution in [3.63, 3.8) is 0 Å². The maximum Gasteiger partial charge on any atom is 0.336 e. The van der Waals surface area contributed by atoms with Gasteiger partial charge in [-0.1, -0.05) is 18.2 Å². The molecule has 0 radical (unpaired) electrons. The molecule has 1 unspecified atom stereocenters. The first-order chi connectivity index (χ1) is 13.0. The van der Waals surface area contributed by atoms with Gasteiger partial charge in [-0.3, -0.25) is 9.59 Å². The number of amides is 2. The Balaban J connectivity index is 1.90. The normalized spacial score (nSPS) is 19.0. The van der Waals surface area contributed by atoms with Gasteiger partial charge in [0.25, 0.3) is 0 Å². The molecular weight excluding hydrogens is 346 g/mol. The van der Waals surface area contributed by atoms with E-state index in [0.717, 1.165) is 22.2 Å². The van der Waals surface area contributed by atoms with Crippen LogP contribution in [0.15, 0.2) is 29.8 Å². The van der Waals surface area contributed by atoms with Crippen LogP contribution in [0.25, 0.3) is 16.6 Å². The Hall–Kier alpha value is -3.09. The van der Waals surface area contributed by atoms with Crippen molar-refractivity contribution in [3.8, 4) is 0 Å². The van der Waals surface area contributed by atoms with Crippen LogP contribution in [-0.2, 0) is 25.5 Å². The lowest BCUT2D eigenvalue weighted by Gasteiger charge is -2.38. The summed E-state index contributed by atoms with van der Waals surface area (Å²) in [5, 5.41) is 3.76. The van der Waals surface area contributed by atoms with Crippen LogP contribution in [0.5, 0.6) is 0 Å². The van der Waals surface area contributed by atoms with Crippen LogP contribution in [0.2, 0.25) is 0 Å². The summed E-state index contributed by atoms with van der Waals surface area (Å²) >= 11 is 0. The van der Waals surface area contributed by atoms with Crippen LogP contribution in [0.1, 0.15) is 31.5 Å². The van der Waals surface area contributed by atoms with E-state index in [0.29, 0.717) is 24.2 Å². The molecule has 2 N–H and O–H groups in total. The van der Waals surface area contributed by atoms with Gasteiger partial charge in [0.05, 0.1) is 23.6 Å². The van der Waals surface area contributed by atoms with Gasteiger partial charge in [0.15, 0.2) is 0 Å². The van der Waals surface area contributed by atoms with Crippen LogP contribution < -0.4 is 5.32 Å². The minimum Gasteiger partial charge on any atom is -0.463 e. The van der Waals surface area contributed by atoms with E-state index in [-0.39, 0.29) is 24.8 Å². The highest BCUT2D eigenvalue weighted by Crippen LogP contribution is 2.39. The number of H-pyrrole nitrogens is 1. The first-order valence-electron chi connectivity index (χ1n) is 9.10. The molecule has 0 bridgehead atoms. The van der Waals surface area contributed by atoms with Gasteiger partial charge in [0.2, 0.25) is 11.8 Å². The minimum absolute atomic E-state index is 0.123. The molecule has 2 aliphatic rings. The summed E-state index contributed by atoms with van der Waals surface area (Å²) in [6.07, 6.45) is 0.801. The molecule has 2 aliphatic heterocycles. The van der Waals surface area contributed by atoms with Gasteiger partial charge in [0.1, 0.15) is 6.04 Å². The van der Waals surface area contributed by atoms with Crippen LogP contribution in [0.4, 0.5) is 0 Å². The summed E-state index contributed by atoms with van der Waals surface area (Å²) in [5.41, 5.74) is 3.86. The average molecular weight is 367 g/mol. The highest BCUT2D eigenvalue weighted by molar-refractivity contribution is 6.07. The predicted molar refractivity (Wildman–Crippen MR) is 99.5 cm³/mol. The number of aromatic nitrogens is 1. The fourth-order valence-electron chi connectivity index (χ4n) is 4.00. The minimum atomic E-state index is -0.753. The lowest BCUT2D eigenvalue weighted by atomic mass is 9.90. The standard InChI is InChI=1S/C20H21N3O4/c1-3-27-20(26)14-10-16(21-11(2)24)19(25)23-9-8-13-12-6-4-5-7-15(12)22-17(13)18(14)23/h4-7,16,22H,3,8-10H2,1-2H3,(H,21,24). The number of aromatic amines is 1. The average Bonchev–Trinajstić information content (AvgIpc) is 3.02. The predicted octanol–water partition coefficient (Wildman–Crippen LogP) is 1.74. The molecule has 7 nitrogen and oxygen atoms in total. The molecule has 0 aliphatic carbocycles. The van der Waals surface area contributed by atoms with E-state index in [1.807, 2.05) is 24.3 Å². The second-order valence-corrected chi connectivity index (χ2v) is 6.77. The van der Waals surface area contributed by atoms with Crippen molar-refractivity contribution in [1.82, 2.24) is 15.2 Å². The molecule has 2 amide bonds. The van der Waals surface area contributed by atoms with E-state index in [1.54, 1.807) is 11.8 Å². The van der Waals surface area contributed by atoms with Crippen molar-refractivity contribution in [2.24, 2.45) is 0 Å². The van der Waals surface area contributed by atoms with E-state index in [2.05, 4.69) is 10.3 Å². The SMILES string of the molecule is CCOC(=O)C1=C2c3[nH]c4ccccc4c3CCN2C(=O)C(NC(C)=O)C1. The Kier molecular flexibility index (Phi) is 4.22. The molecule has 0 saturated heterocycles. The van der Waals surface area contributed by atoms with E-state index >= 15 is 0 Å². The number of carbonyl (C=O) groups excluding carboxylic acids is 3. The van der Waals surface area contributed by atoms with Gasteiger partial charge in [0, 0.05) is 30.8 Å². The number of rotatable bonds is 3. The number of nitrogens with zero attached hydrogens (tertiary/aromatic N) is 1. The molecule has 140 valence electrons. The molecule has 2 aromatic rings. The van der Waals surface area contributed by atoms with Gasteiger partial charge >= 0.3 is 5.97 Å². The van der Waals surface area contributed by atoms with E-state index in [9.17, 15) is 14.4 Å². The number of carbonyl (C=O) groups is 3. The van der Waals surface area contributed by atoms with Crippen molar-refractivity contribution in [3.05, 3.63) is 41.1 Å². The zero-order valence-electron chi connectivity index (χ0n) is 15.3. The van der Waals surface area contributed by atoms with Gasteiger partial charge in [-0.25, -0.2) is 4.79 Å². The zero-order valence-corrected chi connectivity index (χ0v) is 15.3. The third-order valence-corrected chi connectivity index (χ3v) is 5.06. The third kappa shape index (κ3) is 2.79. The summed E-state index contributed by atoms with van der Waals surface area (Å²) < 4.78 is 5.25. The third-order valence-electron chi connectivity index (χ3n) is 5.06. The number of fused-ring (bicyclic) bond motifs is 5. The first kappa shape index (κ1) is 17.3. The van der Waals surface area contributed by atoms with Crippen LogP contribution in [0.3, 0.4) is 0 Å². The molecule has 0 saturated carbocycles.